The summed E-state index contributed by atoms with van der Waals surface area (Å²) in [6.07, 6.45) is 7.80. The highest BCUT2D eigenvalue weighted by atomic mass is 16.5. The van der Waals surface area contributed by atoms with E-state index < -0.39 is 5.91 Å². The normalized spacial score (nSPS) is 19.6. The molecule has 2 amide bonds. The molecular formula is C17H20N4O4. The molecule has 0 spiro atoms. The lowest BCUT2D eigenvalue weighted by Gasteiger charge is -2.22. The van der Waals surface area contributed by atoms with Crippen molar-refractivity contribution in [2.75, 3.05) is 11.9 Å². The number of hydrogen-bond acceptors (Lipinski definition) is 5. The Balaban J connectivity index is 1.80. The number of ether oxygens (including phenoxy) is 1. The average molecular weight is 344 g/mol. The molecule has 3 heterocycles. The van der Waals surface area contributed by atoms with Crippen molar-refractivity contribution in [3.05, 3.63) is 23.2 Å². The minimum Gasteiger partial charge on any atom is -0.448 e. The van der Waals surface area contributed by atoms with Crippen LogP contribution in [0.15, 0.2) is 10.6 Å². The molecule has 1 saturated heterocycles. The van der Waals surface area contributed by atoms with E-state index >= 15 is 0 Å². The number of aryl methyl sites for hydroxylation is 1. The second-order valence-corrected chi connectivity index (χ2v) is 6.38. The van der Waals surface area contributed by atoms with Crippen molar-refractivity contribution >= 4 is 18.0 Å². The van der Waals surface area contributed by atoms with E-state index in [9.17, 15) is 9.59 Å². The lowest BCUT2D eigenvalue weighted by Crippen LogP contribution is -2.18. The van der Waals surface area contributed by atoms with Gasteiger partial charge in [0.25, 0.3) is 5.91 Å². The van der Waals surface area contributed by atoms with E-state index in [-0.39, 0.29) is 12.0 Å². The van der Waals surface area contributed by atoms with Gasteiger partial charge in [0, 0.05) is 18.4 Å². The molecule has 1 unspecified atom stereocenters. The number of aromatic nitrogens is 2. The van der Waals surface area contributed by atoms with Gasteiger partial charge in [-0.05, 0) is 38.5 Å². The fraction of sp³-hybridized carbons (Fsp3) is 0.471. The highest BCUT2D eigenvalue weighted by Gasteiger charge is 2.30. The molecule has 0 saturated carbocycles. The lowest BCUT2D eigenvalue weighted by molar-refractivity contribution is -0.105. The van der Waals surface area contributed by atoms with Crippen LogP contribution in [-0.4, -0.2) is 28.7 Å². The third kappa shape index (κ3) is 2.72. The van der Waals surface area contributed by atoms with Crippen LogP contribution >= 0.6 is 0 Å². The number of carbonyl (C=O) groups is 2. The molecule has 0 aromatic carbocycles. The third-order valence-corrected chi connectivity index (χ3v) is 4.78. The van der Waals surface area contributed by atoms with E-state index in [0.717, 1.165) is 55.5 Å². The van der Waals surface area contributed by atoms with Gasteiger partial charge in [-0.2, -0.15) is 5.10 Å². The van der Waals surface area contributed by atoms with Gasteiger partial charge in [0.15, 0.2) is 0 Å². The summed E-state index contributed by atoms with van der Waals surface area (Å²) in [5.74, 6) is -0.165. The summed E-state index contributed by atoms with van der Waals surface area (Å²) in [5, 5.41) is 7.26. The van der Waals surface area contributed by atoms with Crippen molar-refractivity contribution in [1.29, 1.82) is 0 Å². The zero-order chi connectivity index (χ0) is 17.4. The summed E-state index contributed by atoms with van der Waals surface area (Å²) in [7, 11) is 0. The SMILES string of the molecule is NC(=O)c1oc2c(c1NC=O)CCCc1nn(C3CCCCO3)cc1-2. The van der Waals surface area contributed by atoms with Crippen molar-refractivity contribution in [2.24, 2.45) is 5.73 Å². The third-order valence-electron chi connectivity index (χ3n) is 4.78. The fourth-order valence-corrected chi connectivity index (χ4v) is 3.62. The maximum absolute atomic E-state index is 11.7. The Morgan fingerprint density at radius 2 is 2.24 bits per heavy atom. The second-order valence-electron chi connectivity index (χ2n) is 6.38. The number of amides is 2. The smallest absolute Gasteiger partial charge is 0.286 e. The predicted octanol–water partition coefficient (Wildman–Crippen LogP) is 2.00. The molecule has 1 aliphatic heterocycles. The molecule has 0 bridgehead atoms. The number of nitrogens with zero attached hydrogens (tertiary/aromatic N) is 2. The van der Waals surface area contributed by atoms with Gasteiger partial charge in [0.05, 0.1) is 16.9 Å². The number of primary amides is 1. The first-order valence-corrected chi connectivity index (χ1v) is 8.54. The molecule has 2 aromatic rings. The number of fused-ring (bicyclic) bond motifs is 3. The summed E-state index contributed by atoms with van der Waals surface area (Å²) >= 11 is 0. The van der Waals surface area contributed by atoms with Gasteiger partial charge in [-0.1, -0.05) is 0 Å². The molecule has 8 heteroatoms. The zero-order valence-corrected chi connectivity index (χ0v) is 13.8. The number of carbonyl (C=O) groups excluding carboxylic acids is 2. The van der Waals surface area contributed by atoms with E-state index in [1.165, 1.54) is 0 Å². The molecule has 1 aliphatic carbocycles. The first-order valence-electron chi connectivity index (χ1n) is 8.54. The quantitative estimate of drug-likeness (QED) is 0.824. The number of hydrogen-bond donors (Lipinski definition) is 2. The van der Waals surface area contributed by atoms with Gasteiger partial charge in [-0.25, -0.2) is 4.68 Å². The summed E-state index contributed by atoms with van der Waals surface area (Å²) in [5.41, 5.74) is 8.32. The van der Waals surface area contributed by atoms with Crippen LogP contribution in [0, 0.1) is 0 Å². The van der Waals surface area contributed by atoms with Gasteiger partial charge in [-0.15, -0.1) is 0 Å². The van der Waals surface area contributed by atoms with Crippen LogP contribution in [0.2, 0.25) is 0 Å². The molecule has 2 aliphatic rings. The number of furan rings is 1. The zero-order valence-electron chi connectivity index (χ0n) is 13.8. The van der Waals surface area contributed by atoms with Crippen LogP contribution < -0.4 is 11.1 Å². The average Bonchev–Trinajstić information content (AvgIpc) is 3.14. The Morgan fingerprint density at radius 3 is 2.96 bits per heavy atom. The van der Waals surface area contributed by atoms with E-state index in [1.807, 2.05) is 10.9 Å². The van der Waals surface area contributed by atoms with Crippen molar-refractivity contribution in [3.63, 3.8) is 0 Å². The highest BCUT2D eigenvalue weighted by Crippen LogP contribution is 2.40. The maximum atomic E-state index is 11.7. The molecule has 8 nitrogen and oxygen atoms in total. The predicted molar refractivity (Wildman–Crippen MR) is 89.0 cm³/mol. The van der Waals surface area contributed by atoms with Crippen molar-refractivity contribution in [2.45, 2.75) is 44.8 Å². The Morgan fingerprint density at radius 1 is 1.36 bits per heavy atom. The van der Waals surface area contributed by atoms with Gasteiger partial charge < -0.3 is 20.2 Å². The molecule has 0 radical (unpaired) electrons. The van der Waals surface area contributed by atoms with E-state index in [0.29, 0.717) is 24.3 Å². The number of nitrogens with two attached hydrogens (primary N) is 1. The van der Waals surface area contributed by atoms with Gasteiger partial charge in [0.2, 0.25) is 12.2 Å². The first kappa shape index (κ1) is 15.9. The molecule has 2 aromatic heterocycles. The van der Waals surface area contributed by atoms with E-state index in [1.54, 1.807) is 0 Å². The first-order chi connectivity index (χ1) is 12.2. The number of anilines is 1. The van der Waals surface area contributed by atoms with Crippen molar-refractivity contribution in [1.82, 2.24) is 9.78 Å². The Bertz CT molecular complexity index is 817. The largest absolute Gasteiger partial charge is 0.448 e. The molecule has 132 valence electrons. The molecule has 4 rings (SSSR count). The van der Waals surface area contributed by atoms with Gasteiger partial charge >= 0.3 is 0 Å². The number of rotatable bonds is 4. The molecule has 3 N–H and O–H groups in total. The Labute approximate surface area is 144 Å². The van der Waals surface area contributed by atoms with E-state index in [2.05, 4.69) is 10.4 Å². The summed E-state index contributed by atoms with van der Waals surface area (Å²) in [6, 6.07) is 0. The van der Waals surface area contributed by atoms with Crippen LogP contribution in [0.25, 0.3) is 11.3 Å². The summed E-state index contributed by atoms with van der Waals surface area (Å²) < 4.78 is 13.4. The van der Waals surface area contributed by atoms with Crippen LogP contribution in [-0.2, 0) is 22.4 Å². The molecular weight excluding hydrogens is 324 g/mol. The fourth-order valence-electron chi connectivity index (χ4n) is 3.62. The number of nitrogens with one attached hydrogen (secondary N) is 1. The lowest BCUT2D eigenvalue weighted by atomic mass is 10.1. The standard InChI is InChI=1S/C17H20N4O4/c18-17(23)16-14(19-9-22)10-4-3-5-12-11(15(10)25-16)8-21(20-12)13-6-1-2-7-24-13/h8-9,13H,1-7H2,(H2,18,23)(H,19,22). The van der Waals surface area contributed by atoms with Crippen LogP contribution in [0.5, 0.6) is 0 Å². The Kier molecular flexibility index (Phi) is 4.04. The van der Waals surface area contributed by atoms with Crippen molar-refractivity contribution in [3.8, 4) is 11.3 Å². The monoisotopic (exact) mass is 344 g/mol. The van der Waals surface area contributed by atoms with Crippen LogP contribution in [0.3, 0.4) is 0 Å². The Hall–Kier alpha value is -2.61. The topological polar surface area (TPSA) is 112 Å². The molecule has 1 atom stereocenters. The second kappa shape index (κ2) is 6.36. The van der Waals surface area contributed by atoms with Crippen LogP contribution in [0.4, 0.5) is 5.69 Å². The maximum Gasteiger partial charge on any atom is 0.286 e. The minimum atomic E-state index is -0.707. The minimum absolute atomic E-state index is 0.0217. The molecule has 25 heavy (non-hydrogen) atoms. The van der Waals surface area contributed by atoms with Gasteiger partial charge in [0.1, 0.15) is 12.0 Å². The summed E-state index contributed by atoms with van der Waals surface area (Å²) in [6.45, 7) is 0.737. The van der Waals surface area contributed by atoms with Gasteiger partial charge in [-0.3, -0.25) is 9.59 Å². The molecule has 1 fully saturated rings. The van der Waals surface area contributed by atoms with E-state index in [4.69, 9.17) is 14.9 Å². The highest BCUT2D eigenvalue weighted by molar-refractivity contribution is 6.00. The van der Waals surface area contributed by atoms with Crippen molar-refractivity contribution < 1.29 is 18.7 Å². The van der Waals surface area contributed by atoms with Crippen LogP contribution in [0.1, 0.15) is 53.7 Å². The summed E-state index contributed by atoms with van der Waals surface area (Å²) in [4.78, 5) is 22.6.